The number of hydrogen-bond donors (Lipinski definition) is 0. The Hall–Kier alpha value is -1.04. The lowest BCUT2D eigenvalue weighted by atomic mass is 9.89. The second kappa shape index (κ2) is 5.30. The first-order valence-corrected chi connectivity index (χ1v) is 7.37. The Morgan fingerprint density at radius 3 is 2.67 bits per heavy atom. The van der Waals surface area contributed by atoms with Crippen molar-refractivity contribution < 1.29 is 13.9 Å². The number of aromatic nitrogens is 2. The lowest BCUT2D eigenvalue weighted by molar-refractivity contribution is -0.137. The molecule has 2 aliphatic rings. The summed E-state index contributed by atoms with van der Waals surface area (Å²) in [5, 5.41) is 8.47. The van der Waals surface area contributed by atoms with Crippen LogP contribution >= 0.6 is 11.8 Å². The molecule has 2 fully saturated rings. The number of rotatable bonds is 3. The molecule has 1 saturated heterocycles. The van der Waals surface area contributed by atoms with Crippen molar-refractivity contribution in [1.82, 2.24) is 10.2 Å². The predicted molar refractivity (Wildman–Crippen MR) is 65.3 cm³/mol. The van der Waals surface area contributed by atoms with Crippen LogP contribution < -0.4 is 0 Å². The van der Waals surface area contributed by atoms with Crippen LogP contribution in [0.5, 0.6) is 0 Å². The van der Waals surface area contributed by atoms with E-state index in [4.69, 9.17) is 9.15 Å². The number of esters is 1. The zero-order valence-electron chi connectivity index (χ0n) is 10.1. The number of carbonyl (C=O) groups excluding carboxylic acids is 1. The van der Waals surface area contributed by atoms with E-state index in [0.717, 1.165) is 25.2 Å². The molecule has 98 valence electrons. The van der Waals surface area contributed by atoms with Gasteiger partial charge in [0.05, 0.1) is 6.61 Å². The lowest BCUT2D eigenvalue weighted by Crippen LogP contribution is -2.09. The molecule has 3 rings (SSSR count). The summed E-state index contributed by atoms with van der Waals surface area (Å²) in [6.07, 6.45) is 6.79. The molecule has 1 aromatic heterocycles. The fourth-order valence-corrected chi connectivity index (χ4v) is 3.33. The summed E-state index contributed by atoms with van der Waals surface area (Å²) in [7, 11) is 0. The first-order valence-electron chi connectivity index (χ1n) is 6.49. The maximum absolute atomic E-state index is 11.4. The van der Waals surface area contributed by atoms with E-state index in [-0.39, 0.29) is 11.2 Å². The molecule has 1 aromatic rings. The van der Waals surface area contributed by atoms with Crippen molar-refractivity contribution in [2.24, 2.45) is 0 Å². The normalized spacial score (nSPS) is 25.3. The topological polar surface area (TPSA) is 65.2 Å². The third-order valence-corrected chi connectivity index (χ3v) is 4.59. The molecule has 0 radical (unpaired) electrons. The second-order valence-electron chi connectivity index (χ2n) is 4.80. The molecule has 1 aliphatic carbocycles. The first-order chi connectivity index (χ1) is 8.83. The van der Waals surface area contributed by atoms with Gasteiger partial charge in [0.15, 0.2) is 0 Å². The highest BCUT2D eigenvalue weighted by atomic mass is 32.2. The molecule has 2 heterocycles. The Labute approximate surface area is 110 Å². The van der Waals surface area contributed by atoms with Crippen molar-refractivity contribution in [1.29, 1.82) is 0 Å². The Bertz CT molecular complexity index is 429. The van der Waals surface area contributed by atoms with E-state index in [2.05, 4.69) is 10.2 Å². The van der Waals surface area contributed by atoms with Crippen molar-refractivity contribution in [2.75, 3.05) is 6.61 Å². The van der Waals surface area contributed by atoms with E-state index >= 15 is 0 Å². The SMILES string of the molecule is O=C1OCC[C@H]1Sc1nnc(C2CCCCC2)o1. The van der Waals surface area contributed by atoms with Crippen LogP contribution in [0.25, 0.3) is 0 Å². The molecular weight excluding hydrogens is 252 g/mol. The average Bonchev–Trinajstić information content (AvgIpc) is 3.02. The van der Waals surface area contributed by atoms with Gasteiger partial charge in [-0.2, -0.15) is 0 Å². The van der Waals surface area contributed by atoms with Gasteiger partial charge in [-0.15, -0.1) is 10.2 Å². The number of carbonyl (C=O) groups is 1. The van der Waals surface area contributed by atoms with Gasteiger partial charge in [0.25, 0.3) is 5.22 Å². The van der Waals surface area contributed by atoms with Crippen LogP contribution in [-0.2, 0) is 9.53 Å². The van der Waals surface area contributed by atoms with E-state index < -0.39 is 0 Å². The van der Waals surface area contributed by atoms with Crippen LogP contribution in [0, 0.1) is 0 Å². The molecule has 1 aliphatic heterocycles. The van der Waals surface area contributed by atoms with Gasteiger partial charge >= 0.3 is 5.97 Å². The predicted octanol–water partition coefficient (Wildman–Crippen LogP) is 2.52. The van der Waals surface area contributed by atoms with Crippen LogP contribution in [0.1, 0.15) is 50.3 Å². The first kappa shape index (κ1) is 12.0. The minimum absolute atomic E-state index is 0.169. The van der Waals surface area contributed by atoms with Crippen LogP contribution in [0.15, 0.2) is 9.64 Å². The summed E-state index contributed by atoms with van der Waals surface area (Å²) in [5.41, 5.74) is 0. The zero-order chi connectivity index (χ0) is 12.4. The molecule has 0 aromatic carbocycles. The Morgan fingerprint density at radius 2 is 1.94 bits per heavy atom. The van der Waals surface area contributed by atoms with Crippen molar-refractivity contribution in [3.05, 3.63) is 5.89 Å². The Morgan fingerprint density at radius 1 is 1.11 bits per heavy atom. The largest absolute Gasteiger partial charge is 0.465 e. The highest BCUT2D eigenvalue weighted by Crippen LogP contribution is 2.34. The van der Waals surface area contributed by atoms with Crippen LogP contribution in [0.2, 0.25) is 0 Å². The quantitative estimate of drug-likeness (QED) is 0.785. The van der Waals surface area contributed by atoms with Gasteiger partial charge in [-0.25, -0.2) is 0 Å². The number of ether oxygens (including phenoxy) is 1. The summed E-state index contributed by atoms with van der Waals surface area (Å²) >= 11 is 1.33. The molecule has 1 atom stereocenters. The monoisotopic (exact) mass is 268 g/mol. The highest BCUT2D eigenvalue weighted by molar-refractivity contribution is 8.00. The van der Waals surface area contributed by atoms with Crippen LogP contribution in [-0.4, -0.2) is 28.0 Å². The maximum atomic E-state index is 11.4. The highest BCUT2D eigenvalue weighted by Gasteiger charge is 2.30. The number of thioether (sulfide) groups is 1. The van der Waals surface area contributed by atoms with Gasteiger partial charge in [-0.1, -0.05) is 19.3 Å². The van der Waals surface area contributed by atoms with Gasteiger partial charge < -0.3 is 9.15 Å². The summed E-state index contributed by atoms with van der Waals surface area (Å²) in [4.78, 5) is 11.4. The molecule has 1 saturated carbocycles. The van der Waals surface area contributed by atoms with Gasteiger partial charge in [0, 0.05) is 12.3 Å². The average molecular weight is 268 g/mol. The van der Waals surface area contributed by atoms with Crippen molar-refractivity contribution in [3.63, 3.8) is 0 Å². The smallest absolute Gasteiger partial charge is 0.319 e. The molecule has 0 N–H and O–H groups in total. The minimum Gasteiger partial charge on any atom is -0.465 e. The maximum Gasteiger partial charge on any atom is 0.319 e. The van der Waals surface area contributed by atoms with E-state index in [0.29, 0.717) is 17.7 Å². The van der Waals surface area contributed by atoms with Crippen molar-refractivity contribution in [2.45, 2.75) is 54.9 Å². The number of cyclic esters (lactones) is 1. The van der Waals surface area contributed by atoms with Crippen molar-refractivity contribution in [3.8, 4) is 0 Å². The third kappa shape index (κ3) is 2.53. The van der Waals surface area contributed by atoms with Crippen molar-refractivity contribution >= 4 is 17.7 Å². The van der Waals surface area contributed by atoms with Crippen LogP contribution in [0.4, 0.5) is 0 Å². The molecule has 0 amide bonds. The van der Waals surface area contributed by atoms with Gasteiger partial charge in [-0.05, 0) is 24.6 Å². The van der Waals surface area contributed by atoms with Gasteiger partial charge in [0.2, 0.25) is 5.89 Å². The van der Waals surface area contributed by atoms with Crippen LogP contribution in [0.3, 0.4) is 0 Å². The summed E-state index contributed by atoms with van der Waals surface area (Å²) in [6, 6.07) is 0. The minimum atomic E-state index is -0.176. The van der Waals surface area contributed by atoms with Gasteiger partial charge in [0.1, 0.15) is 5.25 Å². The fraction of sp³-hybridized carbons (Fsp3) is 0.750. The standard InChI is InChI=1S/C12H16N2O3S/c15-11-9(6-7-16-11)18-12-14-13-10(17-12)8-4-2-1-3-5-8/h8-9H,1-7H2/t9-/m1/s1. The Balaban J connectivity index is 1.63. The number of hydrogen-bond acceptors (Lipinski definition) is 6. The van der Waals surface area contributed by atoms with E-state index in [9.17, 15) is 4.79 Å². The second-order valence-corrected chi connectivity index (χ2v) is 5.96. The van der Waals surface area contributed by atoms with E-state index in [1.807, 2.05) is 0 Å². The molecule has 0 spiro atoms. The zero-order valence-corrected chi connectivity index (χ0v) is 10.9. The molecule has 18 heavy (non-hydrogen) atoms. The summed E-state index contributed by atoms with van der Waals surface area (Å²) in [5.74, 6) is 0.983. The van der Waals surface area contributed by atoms with Gasteiger partial charge in [-0.3, -0.25) is 4.79 Å². The molecule has 6 heteroatoms. The Kier molecular flexibility index (Phi) is 3.54. The lowest BCUT2D eigenvalue weighted by Gasteiger charge is -2.17. The number of nitrogens with zero attached hydrogens (tertiary/aromatic N) is 2. The third-order valence-electron chi connectivity index (χ3n) is 3.51. The summed E-state index contributed by atoms with van der Waals surface area (Å²) in [6.45, 7) is 0.500. The molecule has 0 bridgehead atoms. The summed E-state index contributed by atoms with van der Waals surface area (Å²) < 4.78 is 10.6. The van der Waals surface area contributed by atoms with E-state index in [1.165, 1.54) is 31.0 Å². The fourth-order valence-electron chi connectivity index (χ4n) is 2.49. The molecule has 0 unspecified atom stereocenters. The molecule has 5 nitrogen and oxygen atoms in total. The van der Waals surface area contributed by atoms with E-state index in [1.54, 1.807) is 0 Å². The molecular formula is C12H16N2O3S.